The molecule has 1 fully saturated rings. The number of benzene rings is 1. The van der Waals surface area contributed by atoms with Crippen LogP contribution in [0.4, 0.5) is 0 Å². The normalized spacial score (nSPS) is 20.6. The zero-order chi connectivity index (χ0) is 14.8. The number of hydrogen-bond donors (Lipinski definition) is 0. The molecule has 20 heavy (non-hydrogen) atoms. The summed E-state index contributed by atoms with van der Waals surface area (Å²) in [5, 5.41) is 0. The molecule has 1 saturated carbocycles. The van der Waals surface area contributed by atoms with E-state index in [-0.39, 0.29) is 5.78 Å². The molecule has 1 aromatic carbocycles. The van der Waals surface area contributed by atoms with Gasteiger partial charge < -0.3 is 4.74 Å². The van der Waals surface area contributed by atoms with Gasteiger partial charge in [-0.2, -0.15) is 0 Å². The van der Waals surface area contributed by atoms with Gasteiger partial charge in [0.05, 0.1) is 0 Å². The van der Waals surface area contributed by atoms with E-state index >= 15 is 0 Å². The Balaban J connectivity index is 2.30. The lowest BCUT2D eigenvalue weighted by molar-refractivity contribution is -0.0580. The quantitative estimate of drug-likeness (QED) is 0.753. The molecule has 0 aliphatic heterocycles. The van der Waals surface area contributed by atoms with Crippen molar-refractivity contribution in [3.05, 3.63) is 35.4 Å². The fraction of sp³-hybridized carbons (Fsp3) is 0.611. The van der Waals surface area contributed by atoms with E-state index in [1.807, 2.05) is 38.1 Å². The summed E-state index contributed by atoms with van der Waals surface area (Å²) in [7, 11) is 0. The van der Waals surface area contributed by atoms with Crippen molar-refractivity contribution >= 4 is 5.78 Å². The predicted octanol–water partition coefficient (Wildman–Crippen LogP) is 4.55. The number of ketones is 1. The summed E-state index contributed by atoms with van der Waals surface area (Å²) in [4.78, 5) is 13.0. The van der Waals surface area contributed by atoms with Crippen molar-refractivity contribution in [1.82, 2.24) is 0 Å². The van der Waals surface area contributed by atoms with Crippen molar-refractivity contribution in [3.63, 3.8) is 0 Å². The van der Waals surface area contributed by atoms with Gasteiger partial charge in [-0.15, -0.1) is 0 Å². The maximum absolute atomic E-state index is 13.0. The molecule has 0 heterocycles. The summed E-state index contributed by atoms with van der Waals surface area (Å²) in [5.74, 6) is 0.174. The Kier molecular flexibility index (Phi) is 4.33. The molecule has 2 rings (SSSR count). The first-order valence-electron chi connectivity index (χ1n) is 7.65. The largest absolute Gasteiger partial charge is 0.367 e. The molecule has 1 aliphatic carbocycles. The van der Waals surface area contributed by atoms with Crippen LogP contribution < -0.4 is 0 Å². The van der Waals surface area contributed by atoms with Crippen LogP contribution in [0.3, 0.4) is 0 Å². The van der Waals surface area contributed by atoms with E-state index in [0.29, 0.717) is 12.0 Å². The van der Waals surface area contributed by atoms with Crippen LogP contribution in [0.15, 0.2) is 24.3 Å². The van der Waals surface area contributed by atoms with Gasteiger partial charge in [0.1, 0.15) is 5.60 Å². The number of carbonyl (C=O) groups is 1. The molecule has 0 aromatic heterocycles. The van der Waals surface area contributed by atoms with Gasteiger partial charge in [0.2, 0.25) is 0 Å². The molecule has 2 heteroatoms. The van der Waals surface area contributed by atoms with Crippen LogP contribution in [0.2, 0.25) is 0 Å². The monoisotopic (exact) mass is 274 g/mol. The van der Waals surface area contributed by atoms with Gasteiger partial charge >= 0.3 is 0 Å². The van der Waals surface area contributed by atoms with E-state index in [4.69, 9.17) is 4.74 Å². The third-order valence-corrected chi connectivity index (χ3v) is 4.64. The SMILES string of the molecule is CCOC1(C(=O)c2ccccc2C)CCC(C)(C)CC1. The van der Waals surface area contributed by atoms with Crippen LogP contribution in [0.25, 0.3) is 0 Å². The zero-order valence-electron chi connectivity index (χ0n) is 13.2. The summed E-state index contributed by atoms with van der Waals surface area (Å²) in [6.07, 6.45) is 3.76. The number of Topliss-reactive ketones (excluding diaryl/α,β-unsaturated/α-hetero) is 1. The van der Waals surface area contributed by atoms with E-state index in [9.17, 15) is 4.79 Å². The smallest absolute Gasteiger partial charge is 0.194 e. The average molecular weight is 274 g/mol. The van der Waals surface area contributed by atoms with Crippen molar-refractivity contribution in [2.75, 3.05) is 6.61 Å². The minimum absolute atomic E-state index is 0.174. The number of rotatable bonds is 4. The molecule has 1 aromatic rings. The van der Waals surface area contributed by atoms with Gasteiger partial charge in [-0.05, 0) is 50.5 Å². The molecular formula is C18H26O2. The highest BCUT2D eigenvalue weighted by Crippen LogP contribution is 2.43. The Morgan fingerprint density at radius 2 is 1.75 bits per heavy atom. The fourth-order valence-electron chi connectivity index (χ4n) is 3.12. The topological polar surface area (TPSA) is 26.3 Å². The summed E-state index contributed by atoms with van der Waals surface area (Å²) in [5.41, 5.74) is 1.59. The summed E-state index contributed by atoms with van der Waals surface area (Å²) in [6.45, 7) is 9.13. The number of aryl methyl sites for hydroxylation is 1. The standard InChI is InChI=1S/C18H26O2/c1-5-20-18(12-10-17(3,4)11-13-18)16(19)15-9-7-6-8-14(15)2/h6-9H,5,10-13H2,1-4H3. The molecule has 0 radical (unpaired) electrons. The maximum Gasteiger partial charge on any atom is 0.194 e. The predicted molar refractivity (Wildman–Crippen MR) is 82.1 cm³/mol. The molecule has 0 N–H and O–H groups in total. The Hall–Kier alpha value is -1.15. The minimum Gasteiger partial charge on any atom is -0.367 e. The fourth-order valence-corrected chi connectivity index (χ4v) is 3.12. The van der Waals surface area contributed by atoms with Crippen LogP contribution in [-0.2, 0) is 4.74 Å². The second-order valence-corrected chi connectivity index (χ2v) is 6.74. The second kappa shape index (κ2) is 5.69. The van der Waals surface area contributed by atoms with Gasteiger partial charge in [-0.3, -0.25) is 4.79 Å². The van der Waals surface area contributed by atoms with E-state index in [1.165, 1.54) is 0 Å². The molecule has 0 unspecified atom stereocenters. The average Bonchev–Trinajstić information content (AvgIpc) is 2.42. The van der Waals surface area contributed by atoms with E-state index in [0.717, 1.165) is 36.8 Å². The van der Waals surface area contributed by atoms with Gasteiger partial charge in [-0.25, -0.2) is 0 Å². The number of carbonyl (C=O) groups excluding carboxylic acids is 1. The Morgan fingerprint density at radius 3 is 2.30 bits per heavy atom. The van der Waals surface area contributed by atoms with Crippen LogP contribution in [0.5, 0.6) is 0 Å². The summed E-state index contributed by atoms with van der Waals surface area (Å²) < 4.78 is 5.99. The van der Waals surface area contributed by atoms with Crippen LogP contribution in [0.1, 0.15) is 62.4 Å². The summed E-state index contributed by atoms with van der Waals surface area (Å²) >= 11 is 0. The van der Waals surface area contributed by atoms with Gasteiger partial charge in [-0.1, -0.05) is 38.1 Å². The molecule has 0 atom stereocenters. The molecular weight excluding hydrogens is 248 g/mol. The third kappa shape index (κ3) is 2.95. The first-order chi connectivity index (χ1) is 9.40. The van der Waals surface area contributed by atoms with Gasteiger partial charge in [0.25, 0.3) is 0 Å². The first kappa shape index (κ1) is 15.2. The van der Waals surface area contributed by atoms with Crippen LogP contribution >= 0.6 is 0 Å². The zero-order valence-corrected chi connectivity index (χ0v) is 13.2. The lowest BCUT2D eigenvalue weighted by atomic mass is 9.68. The van der Waals surface area contributed by atoms with Crippen molar-refractivity contribution in [3.8, 4) is 0 Å². The third-order valence-electron chi connectivity index (χ3n) is 4.64. The Labute approximate surface area is 122 Å². The van der Waals surface area contributed by atoms with E-state index in [1.54, 1.807) is 0 Å². The van der Waals surface area contributed by atoms with Crippen molar-refractivity contribution < 1.29 is 9.53 Å². The minimum atomic E-state index is -0.601. The van der Waals surface area contributed by atoms with Crippen molar-refractivity contribution in [2.45, 2.75) is 59.0 Å². The van der Waals surface area contributed by atoms with Crippen LogP contribution in [-0.4, -0.2) is 18.0 Å². The highest BCUT2D eigenvalue weighted by atomic mass is 16.5. The summed E-state index contributed by atoms with van der Waals surface area (Å²) in [6, 6.07) is 7.84. The number of ether oxygens (including phenoxy) is 1. The second-order valence-electron chi connectivity index (χ2n) is 6.74. The molecule has 2 nitrogen and oxygen atoms in total. The molecule has 0 bridgehead atoms. The number of hydrogen-bond acceptors (Lipinski definition) is 2. The van der Waals surface area contributed by atoms with Gasteiger partial charge in [0, 0.05) is 12.2 Å². The molecule has 0 amide bonds. The Morgan fingerprint density at radius 1 is 1.15 bits per heavy atom. The van der Waals surface area contributed by atoms with Gasteiger partial charge in [0.15, 0.2) is 5.78 Å². The molecule has 110 valence electrons. The van der Waals surface area contributed by atoms with E-state index in [2.05, 4.69) is 13.8 Å². The van der Waals surface area contributed by atoms with Crippen molar-refractivity contribution in [2.24, 2.45) is 5.41 Å². The Bertz CT molecular complexity index is 478. The van der Waals surface area contributed by atoms with E-state index < -0.39 is 5.60 Å². The highest BCUT2D eigenvalue weighted by Gasteiger charge is 2.45. The lowest BCUT2D eigenvalue weighted by Gasteiger charge is -2.42. The highest BCUT2D eigenvalue weighted by molar-refractivity contribution is 6.03. The molecule has 1 aliphatic rings. The first-order valence-corrected chi connectivity index (χ1v) is 7.65. The maximum atomic E-state index is 13.0. The molecule has 0 saturated heterocycles. The van der Waals surface area contributed by atoms with Crippen LogP contribution in [0, 0.1) is 12.3 Å². The van der Waals surface area contributed by atoms with Crippen molar-refractivity contribution in [1.29, 1.82) is 0 Å². The lowest BCUT2D eigenvalue weighted by Crippen LogP contribution is -2.46. The molecule has 0 spiro atoms.